The molecule has 1 fully saturated rings. The number of carbonyl (C=O) groups excluding carboxylic acids is 1. The first-order valence-corrected chi connectivity index (χ1v) is 14.5. The lowest BCUT2D eigenvalue weighted by Gasteiger charge is -2.40. The Kier molecular flexibility index (Phi) is 7.62. The Hall–Kier alpha value is -4.01. The summed E-state index contributed by atoms with van der Waals surface area (Å²) in [5, 5.41) is 4.19. The molecule has 202 valence electrons. The standard InChI is InChI=1S/C31H29ClN6OS/c32-26-12-11-24(40-26)19-34-30(39)31(14-17-38(18-15-31)29-25-13-16-33-28(25)36-21-37-29)20-35-27(22-7-3-1-4-8-22)23-9-5-2-6-10-23/h1-13,16,21H,14-15,17-20H2,(H,34,39)(H,33,36,37). The Morgan fingerprint density at radius 2 is 1.68 bits per heavy atom. The van der Waals surface area contributed by atoms with E-state index in [1.165, 1.54) is 11.3 Å². The van der Waals surface area contributed by atoms with Gasteiger partial charge in [0.15, 0.2) is 0 Å². The van der Waals surface area contributed by atoms with E-state index in [0.29, 0.717) is 43.4 Å². The normalized spacial score (nSPS) is 14.7. The van der Waals surface area contributed by atoms with Crippen LogP contribution in [0.5, 0.6) is 0 Å². The Morgan fingerprint density at radius 1 is 0.975 bits per heavy atom. The monoisotopic (exact) mass is 568 g/mol. The fourth-order valence-electron chi connectivity index (χ4n) is 5.29. The van der Waals surface area contributed by atoms with Crippen LogP contribution in [0.1, 0.15) is 28.8 Å². The number of anilines is 1. The number of hydrogen-bond donors (Lipinski definition) is 2. The summed E-state index contributed by atoms with van der Waals surface area (Å²) in [7, 11) is 0. The molecule has 6 rings (SSSR count). The van der Waals surface area contributed by atoms with Crippen LogP contribution in [0.25, 0.3) is 11.0 Å². The highest BCUT2D eigenvalue weighted by atomic mass is 35.5. The number of halogens is 1. The number of amides is 1. The summed E-state index contributed by atoms with van der Waals surface area (Å²) in [6, 6.07) is 26.2. The van der Waals surface area contributed by atoms with Crippen molar-refractivity contribution in [3.63, 3.8) is 0 Å². The van der Waals surface area contributed by atoms with Gasteiger partial charge >= 0.3 is 0 Å². The van der Waals surface area contributed by atoms with E-state index in [9.17, 15) is 4.79 Å². The Morgan fingerprint density at radius 3 is 2.33 bits per heavy atom. The van der Waals surface area contributed by atoms with Gasteiger partial charge in [0.1, 0.15) is 17.8 Å². The van der Waals surface area contributed by atoms with Crippen LogP contribution in [0, 0.1) is 5.41 Å². The first kappa shape index (κ1) is 26.2. The third-order valence-electron chi connectivity index (χ3n) is 7.52. The van der Waals surface area contributed by atoms with Crippen molar-refractivity contribution in [3.05, 3.63) is 112 Å². The lowest BCUT2D eigenvalue weighted by atomic mass is 9.77. The molecular formula is C31H29ClN6OS. The molecule has 3 aromatic heterocycles. The zero-order valence-corrected chi connectivity index (χ0v) is 23.5. The van der Waals surface area contributed by atoms with Gasteiger partial charge in [-0.2, -0.15) is 0 Å². The number of aromatic nitrogens is 3. The highest BCUT2D eigenvalue weighted by molar-refractivity contribution is 7.16. The van der Waals surface area contributed by atoms with Crippen molar-refractivity contribution >= 4 is 51.4 Å². The average molecular weight is 569 g/mol. The summed E-state index contributed by atoms with van der Waals surface area (Å²) in [5.41, 5.74) is 3.12. The highest BCUT2D eigenvalue weighted by Crippen LogP contribution is 2.36. The van der Waals surface area contributed by atoms with Crippen molar-refractivity contribution in [1.82, 2.24) is 20.3 Å². The number of rotatable bonds is 8. The maximum atomic E-state index is 13.9. The van der Waals surface area contributed by atoms with E-state index < -0.39 is 5.41 Å². The zero-order valence-electron chi connectivity index (χ0n) is 21.9. The quantitative estimate of drug-likeness (QED) is 0.221. The van der Waals surface area contributed by atoms with E-state index in [4.69, 9.17) is 16.6 Å². The summed E-state index contributed by atoms with van der Waals surface area (Å²) in [4.78, 5) is 34.5. The zero-order chi connectivity index (χ0) is 27.4. The van der Waals surface area contributed by atoms with E-state index in [2.05, 4.69) is 49.4 Å². The average Bonchev–Trinajstić information content (AvgIpc) is 3.66. The minimum absolute atomic E-state index is 0.0235. The summed E-state index contributed by atoms with van der Waals surface area (Å²) in [6.45, 7) is 2.22. The lowest BCUT2D eigenvalue weighted by Crippen LogP contribution is -2.50. The van der Waals surface area contributed by atoms with Crippen molar-refractivity contribution in [2.45, 2.75) is 19.4 Å². The molecule has 0 unspecified atom stereocenters. The number of piperidine rings is 1. The largest absolute Gasteiger partial charge is 0.356 e. The van der Waals surface area contributed by atoms with Crippen LogP contribution in [0.3, 0.4) is 0 Å². The molecule has 9 heteroatoms. The number of hydrogen-bond acceptors (Lipinski definition) is 6. The Labute approximate surface area is 242 Å². The molecule has 40 heavy (non-hydrogen) atoms. The highest BCUT2D eigenvalue weighted by Gasteiger charge is 2.42. The third-order valence-corrected chi connectivity index (χ3v) is 8.75. The van der Waals surface area contributed by atoms with Crippen molar-refractivity contribution < 1.29 is 4.79 Å². The minimum Gasteiger partial charge on any atom is -0.356 e. The molecule has 4 heterocycles. The van der Waals surface area contributed by atoms with Gasteiger partial charge in [-0.25, -0.2) is 9.97 Å². The smallest absolute Gasteiger partial charge is 0.228 e. The van der Waals surface area contributed by atoms with Crippen LogP contribution in [0.15, 0.2) is 96.4 Å². The van der Waals surface area contributed by atoms with Gasteiger partial charge in [0, 0.05) is 35.3 Å². The second-order valence-electron chi connectivity index (χ2n) is 9.99. The molecule has 1 amide bonds. The lowest BCUT2D eigenvalue weighted by molar-refractivity contribution is -0.131. The van der Waals surface area contributed by atoms with Gasteiger partial charge in [-0.15, -0.1) is 11.3 Å². The van der Waals surface area contributed by atoms with Crippen LogP contribution < -0.4 is 10.2 Å². The third kappa shape index (κ3) is 5.50. The SMILES string of the molecule is O=C(NCc1ccc(Cl)s1)C1(CN=C(c2ccccc2)c2ccccc2)CCN(c2ncnc3[nH]ccc23)CC1. The van der Waals surface area contributed by atoms with E-state index in [1.54, 1.807) is 6.33 Å². The van der Waals surface area contributed by atoms with Crippen LogP contribution in [0.4, 0.5) is 5.82 Å². The number of fused-ring (bicyclic) bond motifs is 1. The predicted octanol–water partition coefficient (Wildman–Crippen LogP) is 6.11. The molecule has 2 aromatic carbocycles. The molecule has 0 saturated carbocycles. The summed E-state index contributed by atoms with van der Waals surface area (Å²) < 4.78 is 0.716. The number of nitrogens with zero attached hydrogens (tertiary/aromatic N) is 4. The molecule has 7 nitrogen and oxygen atoms in total. The van der Waals surface area contributed by atoms with Crippen LogP contribution in [-0.4, -0.2) is 46.2 Å². The van der Waals surface area contributed by atoms with Crippen molar-refractivity contribution in [2.24, 2.45) is 10.4 Å². The van der Waals surface area contributed by atoms with Gasteiger partial charge < -0.3 is 15.2 Å². The van der Waals surface area contributed by atoms with Gasteiger partial charge in [0.05, 0.1) is 33.9 Å². The van der Waals surface area contributed by atoms with Gasteiger partial charge in [0.2, 0.25) is 5.91 Å². The molecular weight excluding hydrogens is 540 g/mol. The van der Waals surface area contributed by atoms with Gasteiger partial charge in [0.25, 0.3) is 0 Å². The number of aliphatic imine (C=N–C) groups is 1. The fraction of sp³-hybridized carbons (Fsp3) is 0.226. The van der Waals surface area contributed by atoms with Crippen molar-refractivity contribution in [3.8, 4) is 0 Å². The van der Waals surface area contributed by atoms with E-state index in [1.807, 2.05) is 60.8 Å². The second-order valence-corrected chi connectivity index (χ2v) is 11.8. The number of nitrogens with one attached hydrogen (secondary N) is 2. The summed E-state index contributed by atoms with van der Waals surface area (Å²) in [5.74, 6) is 0.918. The molecule has 1 aliphatic rings. The van der Waals surface area contributed by atoms with Gasteiger partial charge in [-0.3, -0.25) is 9.79 Å². The van der Waals surface area contributed by atoms with Crippen molar-refractivity contribution in [2.75, 3.05) is 24.5 Å². The molecule has 5 aromatic rings. The first-order valence-electron chi connectivity index (χ1n) is 13.3. The molecule has 0 radical (unpaired) electrons. The predicted molar refractivity (Wildman–Crippen MR) is 162 cm³/mol. The second kappa shape index (κ2) is 11.6. The molecule has 1 saturated heterocycles. The van der Waals surface area contributed by atoms with Crippen molar-refractivity contribution in [1.29, 1.82) is 0 Å². The summed E-state index contributed by atoms with van der Waals surface area (Å²) >= 11 is 7.62. The molecule has 0 bridgehead atoms. The number of aromatic amines is 1. The minimum atomic E-state index is -0.656. The molecule has 0 atom stereocenters. The van der Waals surface area contributed by atoms with Crippen LogP contribution in [0.2, 0.25) is 4.34 Å². The molecule has 0 aliphatic carbocycles. The Bertz CT molecular complexity index is 1580. The first-order chi connectivity index (χ1) is 19.6. The number of H-pyrrole nitrogens is 1. The fourth-order valence-corrected chi connectivity index (χ4v) is 6.31. The number of carbonyl (C=O) groups is 1. The number of thiophene rings is 1. The molecule has 2 N–H and O–H groups in total. The molecule has 0 spiro atoms. The van der Waals surface area contributed by atoms with Gasteiger partial charge in [-0.05, 0) is 31.0 Å². The van der Waals surface area contributed by atoms with E-state index >= 15 is 0 Å². The maximum absolute atomic E-state index is 13.9. The Balaban J connectivity index is 1.30. The van der Waals surface area contributed by atoms with Gasteiger partial charge in [-0.1, -0.05) is 72.3 Å². The number of benzene rings is 2. The molecule has 1 aliphatic heterocycles. The maximum Gasteiger partial charge on any atom is 0.228 e. The van der Waals surface area contributed by atoms with Crippen LogP contribution >= 0.6 is 22.9 Å². The van der Waals surface area contributed by atoms with Crippen LogP contribution in [-0.2, 0) is 11.3 Å². The summed E-state index contributed by atoms with van der Waals surface area (Å²) in [6.07, 6.45) is 4.77. The van der Waals surface area contributed by atoms with E-state index in [0.717, 1.165) is 38.6 Å². The van der Waals surface area contributed by atoms with E-state index in [-0.39, 0.29) is 5.91 Å². The topological polar surface area (TPSA) is 86.3 Å².